The minimum absolute atomic E-state index is 0.194. The number of ether oxygens (including phenoxy) is 5. The molecule has 0 spiro atoms. The Hall–Kier alpha value is -4.05. The number of aromatic nitrogens is 1. The van der Waals surface area contributed by atoms with Gasteiger partial charge in [-0.15, -0.1) is 0 Å². The topological polar surface area (TPSA) is 97.6 Å². The summed E-state index contributed by atoms with van der Waals surface area (Å²) in [7, 11) is 1.57. The first-order valence-electron chi connectivity index (χ1n) is 13.3. The van der Waals surface area contributed by atoms with Gasteiger partial charge in [0.1, 0.15) is 0 Å². The van der Waals surface area contributed by atoms with E-state index in [-0.39, 0.29) is 12.2 Å². The zero-order chi connectivity index (χ0) is 28.8. The van der Waals surface area contributed by atoms with Crippen molar-refractivity contribution in [3.8, 4) is 23.0 Å². The lowest BCUT2D eigenvalue weighted by Gasteiger charge is -2.25. The second kappa shape index (κ2) is 12.9. The first-order chi connectivity index (χ1) is 19.4. The van der Waals surface area contributed by atoms with E-state index in [9.17, 15) is 9.59 Å². The van der Waals surface area contributed by atoms with Crippen molar-refractivity contribution in [1.29, 1.82) is 0 Å². The van der Waals surface area contributed by atoms with Crippen molar-refractivity contribution in [3.63, 3.8) is 0 Å². The van der Waals surface area contributed by atoms with Crippen molar-refractivity contribution < 1.29 is 28.5 Å². The van der Waals surface area contributed by atoms with E-state index in [4.69, 9.17) is 23.7 Å². The van der Waals surface area contributed by atoms with Crippen LogP contribution in [0.15, 0.2) is 57.5 Å². The molecule has 0 radical (unpaired) electrons. The molecule has 9 nitrogen and oxygen atoms in total. The van der Waals surface area contributed by atoms with Crippen molar-refractivity contribution in [2.24, 2.45) is 4.99 Å². The summed E-state index contributed by atoms with van der Waals surface area (Å²) in [6.07, 6.45) is 1.78. The van der Waals surface area contributed by atoms with Crippen LogP contribution in [-0.4, -0.2) is 44.1 Å². The van der Waals surface area contributed by atoms with E-state index in [1.54, 1.807) is 37.7 Å². The van der Waals surface area contributed by atoms with Gasteiger partial charge < -0.3 is 23.7 Å². The zero-order valence-electron chi connectivity index (χ0n) is 23.6. The largest absolute Gasteiger partial charge is 0.493 e. The molecule has 4 rings (SSSR count). The number of esters is 1. The fraction of sp³-hybridized carbons (Fsp3) is 0.367. The highest BCUT2D eigenvalue weighted by molar-refractivity contribution is 7.07. The third-order valence-corrected chi connectivity index (χ3v) is 7.17. The van der Waals surface area contributed by atoms with E-state index in [1.807, 2.05) is 51.1 Å². The molecule has 0 saturated heterocycles. The number of methoxy groups -OCH3 is 1. The molecule has 2 heterocycles. The second-order valence-electron chi connectivity index (χ2n) is 8.72. The molecule has 0 saturated carbocycles. The summed E-state index contributed by atoms with van der Waals surface area (Å²) in [5.41, 5.74) is 1.96. The number of allylic oxidation sites excluding steroid dienone is 1. The van der Waals surface area contributed by atoms with Crippen LogP contribution < -0.4 is 33.8 Å². The van der Waals surface area contributed by atoms with Gasteiger partial charge in [0.05, 0.1) is 55.4 Å². The molecule has 212 valence electrons. The number of benzene rings is 2. The molecule has 1 aliphatic heterocycles. The smallest absolute Gasteiger partial charge is 0.338 e. The summed E-state index contributed by atoms with van der Waals surface area (Å²) in [6.45, 7) is 10.8. The lowest BCUT2D eigenvalue weighted by molar-refractivity contribution is -0.139. The van der Waals surface area contributed by atoms with Gasteiger partial charge in [-0.25, -0.2) is 9.79 Å². The number of fused-ring (bicyclic) bond motifs is 1. The van der Waals surface area contributed by atoms with E-state index >= 15 is 0 Å². The highest BCUT2D eigenvalue weighted by atomic mass is 32.1. The molecule has 0 aliphatic carbocycles. The van der Waals surface area contributed by atoms with Gasteiger partial charge in [-0.2, -0.15) is 0 Å². The van der Waals surface area contributed by atoms with Crippen LogP contribution in [0.3, 0.4) is 0 Å². The van der Waals surface area contributed by atoms with E-state index < -0.39 is 12.0 Å². The number of carbonyl (C=O) groups excluding carboxylic acids is 1. The Kier molecular flexibility index (Phi) is 9.31. The molecule has 3 aromatic rings. The number of carbonyl (C=O) groups is 1. The van der Waals surface area contributed by atoms with Crippen molar-refractivity contribution in [3.05, 3.63) is 78.5 Å². The maximum absolute atomic E-state index is 13.9. The SMILES string of the molecule is CCOC(=O)C1=C(C)N=c2s/c(=C/c3ccc(OCC)c(OC)c3)c(=O)n2C1c1ccc(OCC)c(OCC)c1. The van der Waals surface area contributed by atoms with Crippen LogP contribution in [-0.2, 0) is 9.53 Å². The van der Waals surface area contributed by atoms with Crippen LogP contribution in [0.4, 0.5) is 0 Å². The quantitative estimate of drug-likeness (QED) is 0.324. The van der Waals surface area contributed by atoms with Crippen LogP contribution in [0.25, 0.3) is 6.08 Å². The first kappa shape index (κ1) is 28.9. The highest BCUT2D eigenvalue weighted by Crippen LogP contribution is 2.36. The normalized spacial score (nSPS) is 14.8. The van der Waals surface area contributed by atoms with Gasteiger partial charge in [-0.1, -0.05) is 23.5 Å². The van der Waals surface area contributed by atoms with Crippen molar-refractivity contribution in [2.75, 3.05) is 33.5 Å². The maximum atomic E-state index is 13.9. The number of rotatable bonds is 11. The van der Waals surface area contributed by atoms with Crippen LogP contribution >= 0.6 is 11.3 Å². The zero-order valence-corrected chi connectivity index (χ0v) is 24.4. The van der Waals surface area contributed by atoms with Gasteiger partial charge in [0, 0.05) is 0 Å². The average Bonchev–Trinajstić information content (AvgIpc) is 3.24. The van der Waals surface area contributed by atoms with Gasteiger partial charge >= 0.3 is 5.97 Å². The van der Waals surface area contributed by atoms with Gasteiger partial charge in [-0.3, -0.25) is 9.36 Å². The average molecular weight is 567 g/mol. The summed E-state index contributed by atoms with van der Waals surface area (Å²) in [5.74, 6) is 1.79. The predicted octanol–water partition coefficient (Wildman–Crippen LogP) is 4.00. The maximum Gasteiger partial charge on any atom is 0.338 e. The van der Waals surface area contributed by atoms with Crippen molar-refractivity contribution in [1.82, 2.24) is 4.57 Å². The van der Waals surface area contributed by atoms with Crippen LogP contribution in [0.1, 0.15) is 51.8 Å². The number of hydrogen-bond donors (Lipinski definition) is 0. The lowest BCUT2D eigenvalue weighted by Crippen LogP contribution is -2.40. The standard InChI is InChI=1S/C30H34N2O7S/c1-7-36-21-13-11-19(15-23(21)35-6)16-25-28(33)32-27(20-12-14-22(37-8-2)24(17-20)38-9-3)26(29(34)39-10-4)18(5)31-30(32)40-25/h11-17,27H,7-10H2,1-6H3/b25-16+. The number of hydrogen-bond acceptors (Lipinski definition) is 9. The van der Waals surface area contributed by atoms with E-state index in [1.165, 1.54) is 11.3 Å². The molecule has 0 N–H and O–H groups in total. The monoisotopic (exact) mass is 566 g/mol. The molecular weight excluding hydrogens is 532 g/mol. The van der Waals surface area contributed by atoms with Gasteiger partial charge in [0.2, 0.25) is 0 Å². The third kappa shape index (κ3) is 5.77. The molecule has 10 heteroatoms. The van der Waals surface area contributed by atoms with E-state index in [0.717, 1.165) is 5.56 Å². The van der Waals surface area contributed by atoms with Crippen molar-refractivity contribution >= 4 is 23.4 Å². The van der Waals surface area contributed by atoms with Gasteiger partial charge in [0.15, 0.2) is 27.8 Å². The lowest BCUT2D eigenvalue weighted by atomic mass is 9.95. The third-order valence-electron chi connectivity index (χ3n) is 6.19. The Bertz CT molecular complexity index is 1600. The molecule has 1 unspecified atom stereocenters. The molecule has 1 aliphatic rings. The number of nitrogens with zero attached hydrogens (tertiary/aromatic N) is 2. The molecule has 0 bridgehead atoms. The van der Waals surface area contributed by atoms with Crippen molar-refractivity contribution in [2.45, 2.75) is 40.7 Å². The summed E-state index contributed by atoms with van der Waals surface area (Å²) < 4.78 is 30.1. The molecule has 40 heavy (non-hydrogen) atoms. The summed E-state index contributed by atoms with van der Waals surface area (Å²) in [5, 5.41) is 0. The Morgan fingerprint density at radius 3 is 2.23 bits per heavy atom. The van der Waals surface area contributed by atoms with Gasteiger partial charge in [0.25, 0.3) is 5.56 Å². The minimum Gasteiger partial charge on any atom is -0.493 e. The summed E-state index contributed by atoms with van der Waals surface area (Å²) >= 11 is 1.25. The van der Waals surface area contributed by atoms with Gasteiger partial charge in [-0.05, 0) is 76.1 Å². The fourth-order valence-electron chi connectivity index (χ4n) is 4.54. The fourth-order valence-corrected chi connectivity index (χ4v) is 5.59. The summed E-state index contributed by atoms with van der Waals surface area (Å²) in [6, 6.07) is 10.2. The second-order valence-corrected chi connectivity index (χ2v) is 9.73. The Morgan fingerprint density at radius 2 is 1.57 bits per heavy atom. The first-order valence-corrected chi connectivity index (χ1v) is 14.1. The molecule has 0 fully saturated rings. The molecule has 1 aromatic heterocycles. The van der Waals surface area contributed by atoms with Crippen LogP contribution in [0, 0.1) is 0 Å². The van der Waals surface area contributed by atoms with Crippen LogP contribution in [0.2, 0.25) is 0 Å². The van der Waals surface area contributed by atoms with E-state index in [0.29, 0.717) is 69.0 Å². The molecule has 2 aromatic carbocycles. The predicted molar refractivity (Wildman–Crippen MR) is 153 cm³/mol. The Balaban J connectivity index is 1.92. The minimum atomic E-state index is -0.762. The summed E-state index contributed by atoms with van der Waals surface area (Å²) in [4.78, 5) is 32.3. The molecular formula is C30H34N2O7S. The van der Waals surface area contributed by atoms with Crippen LogP contribution in [0.5, 0.6) is 23.0 Å². The number of thiazole rings is 1. The van der Waals surface area contributed by atoms with E-state index in [2.05, 4.69) is 4.99 Å². The Morgan fingerprint density at radius 1 is 0.925 bits per heavy atom. The molecule has 1 atom stereocenters. The Labute approximate surface area is 236 Å². The molecule has 0 amide bonds. The highest BCUT2D eigenvalue weighted by Gasteiger charge is 2.34.